The number of carboxylic acid groups (broad SMARTS) is 1. The van der Waals surface area contributed by atoms with Crippen LogP contribution in [-0.4, -0.2) is 141 Å². The number of amides is 1. The van der Waals surface area contributed by atoms with Gasteiger partial charge in [0.2, 0.25) is 46.3 Å². The summed E-state index contributed by atoms with van der Waals surface area (Å²) in [5.74, 6) is 7.08. The molecule has 0 spiro atoms. The maximum Gasteiger partial charge on any atom is 0.315 e. The van der Waals surface area contributed by atoms with Gasteiger partial charge in [-0.25, -0.2) is 5.90 Å². The van der Waals surface area contributed by atoms with Crippen molar-refractivity contribution in [3.05, 3.63) is 278 Å². The summed E-state index contributed by atoms with van der Waals surface area (Å²) in [5, 5.41) is 49.6. The van der Waals surface area contributed by atoms with Crippen LogP contribution in [0.5, 0.6) is 28.7 Å². The van der Waals surface area contributed by atoms with E-state index in [0.29, 0.717) is 57.5 Å². The Morgan fingerprint density at radius 1 is 0.485 bits per heavy atom. The van der Waals surface area contributed by atoms with E-state index >= 15 is 0 Å². The topological polar surface area (TPSA) is 445 Å². The second-order valence-electron chi connectivity index (χ2n) is 26.1. The summed E-state index contributed by atoms with van der Waals surface area (Å²) in [7, 11) is 7.96. The monoisotopic (exact) mass is 1950 g/mol. The van der Waals surface area contributed by atoms with Crippen molar-refractivity contribution in [1.29, 1.82) is 5.26 Å². The van der Waals surface area contributed by atoms with Gasteiger partial charge in [0.25, 0.3) is 0 Å². The van der Waals surface area contributed by atoms with Gasteiger partial charge in [0.05, 0.1) is 60.4 Å². The van der Waals surface area contributed by atoms with Crippen LogP contribution in [0.25, 0.3) is 34.2 Å². The van der Waals surface area contributed by atoms with E-state index in [1.807, 2.05) is 104 Å². The van der Waals surface area contributed by atoms with Crippen molar-refractivity contribution in [2.45, 2.75) is 119 Å². The van der Waals surface area contributed by atoms with Gasteiger partial charge in [0.1, 0.15) is 54.4 Å². The average molecular weight is 1950 g/mol. The quantitative estimate of drug-likeness (QED) is 0.00292. The molecule has 3 heterocycles. The zero-order valence-corrected chi connectivity index (χ0v) is 79.5. The normalized spacial score (nSPS) is 9.85. The lowest BCUT2D eigenvalue weighted by atomic mass is 10.1. The molecule has 0 bridgehead atoms. The van der Waals surface area contributed by atoms with Crippen molar-refractivity contribution in [2.24, 2.45) is 16.8 Å². The number of amidine groups is 1. The summed E-state index contributed by atoms with van der Waals surface area (Å²) >= 11 is 31.4. The lowest BCUT2D eigenvalue weighted by molar-refractivity contribution is -0.145. The molecule has 0 aliphatic heterocycles. The first-order valence-electron chi connectivity index (χ1n) is 40.3. The number of ether oxygens (including phenoxy) is 7. The minimum Gasteiger partial charge on any atom is -0.497 e. The number of methoxy groups -OCH3 is 5. The van der Waals surface area contributed by atoms with Gasteiger partial charge in [0.15, 0.2) is 5.84 Å². The second kappa shape index (κ2) is 68.5. The van der Waals surface area contributed by atoms with E-state index in [4.69, 9.17) is 132 Å². The third kappa shape index (κ3) is 48.5. The fraction of sp³-hybridized carbons (Fsp3) is 0.287. The van der Waals surface area contributed by atoms with Crippen LogP contribution in [0.4, 0.5) is 11.4 Å². The largest absolute Gasteiger partial charge is 0.497 e. The number of carbonyl (C=O) groups excluding carboxylic acids is 4. The third-order valence-corrected chi connectivity index (χ3v) is 18.1. The van der Waals surface area contributed by atoms with E-state index in [0.717, 1.165) is 85.8 Å². The number of nitrogen functional groups attached to an aromatic ring is 1. The van der Waals surface area contributed by atoms with E-state index in [9.17, 15) is 24.0 Å². The lowest BCUT2D eigenvalue weighted by Gasteiger charge is -2.21. The number of carbonyl (C=O) groups is 5. The summed E-state index contributed by atoms with van der Waals surface area (Å²) in [6.45, 7) is 13.1. The highest BCUT2D eigenvalue weighted by atomic mass is 79.9. The molecule has 0 saturated heterocycles. The predicted molar refractivity (Wildman–Crippen MR) is 510 cm³/mol. The highest BCUT2D eigenvalue weighted by Gasteiger charge is 2.21. The molecule has 0 fully saturated rings. The van der Waals surface area contributed by atoms with E-state index in [1.165, 1.54) is 43.2 Å². The third-order valence-electron chi connectivity index (χ3n) is 16.3. The van der Waals surface area contributed by atoms with Gasteiger partial charge in [0, 0.05) is 65.6 Å². The smallest absolute Gasteiger partial charge is 0.315 e. The standard InChI is InChI=1S/C20H20ClN3O3.C13H14N2O4.C11H10N2O4.2C10H13Cl.C8H10N2O2.C8H7NO.C6H6ClN.C5H7ClO3.C3H7Br.H3NO/c1-3-11-24(16-6-4-5-15(21)12-16)19(25)13-18-22-20(23-27-18)14-7-9-17(26-2)10-8-14;1-3-18-12(16)8-11-14-13(15-19-11)9-4-6-10(17-2)7-5-9;1-16-8-4-2-7(3-5-8)11-12-9(17-13-11)6-10(14)15;2*1-2-3-5-9-6-4-7-10(11)8-9;1-12-7-4-2-6(3-5-7)8(9)10-11;1-10-8-4-2-7(6-9)3-5-8;7-5-2-1-3-6(8)4-5;1-2-9-5(8)3-4(6)7;1-2-3-4;1-2/h4-10,12H,3,11,13H2,1-2H3;4-7H,3,8H2,1-2H3;2-5H,6H2,1H3,(H,14,15);2*4,6-8H,2-3,5H2,1H3;2-5,11H,1H3,(H2,9,10);2-5H,1H3;1-4H,8H2;2-3H2,1H3;2-3H2,1H3;2H,1H2. The van der Waals surface area contributed by atoms with Gasteiger partial charge in [-0.2, -0.15) is 20.2 Å². The number of aromatic nitrogens is 6. The highest BCUT2D eigenvalue weighted by molar-refractivity contribution is 9.09. The Kier molecular flexibility index (Phi) is 59.8. The van der Waals surface area contributed by atoms with Crippen LogP contribution < -0.4 is 45.9 Å². The number of hydrogen-bond donors (Lipinski definition) is 6. The summed E-state index contributed by atoms with van der Waals surface area (Å²) < 4.78 is 49.4. The number of esters is 2. The van der Waals surface area contributed by atoms with Gasteiger partial charge < -0.3 is 78.6 Å². The van der Waals surface area contributed by atoms with Crippen molar-refractivity contribution < 1.29 is 86.2 Å². The van der Waals surface area contributed by atoms with Crippen molar-refractivity contribution in [3.63, 3.8) is 0 Å². The predicted octanol–water partition coefficient (Wildman–Crippen LogP) is 21.1. The number of hydrogen-bond acceptors (Lipinski definition) is 27. The molecule has 0 radical (unpaired) electrons. The van der Waals surface area contributed by atoms with E-state index in [-0.39, 0.29) is 67.7 Å². The van der Waals surface area contributed by atoms with Crippen molar-refractivity contribution in [1.82, 2.24) is 30.4 Å². The molecule has 36 heteroatoms. The number of nitrogens with two attached hydrogens (primary N) is 3. The number of oxime groups is 1. The Morgan fingerprint density at radius 2 is 0.846 bits per heavy atom. The molecule has 0 atom stereocenters. The van der Waals surface area contributed by atoms with E-state index in [2.05, 4.69) is 95.0 Å². The zero-order chi connectivity index (χ0) is 96.4. The number of nitrogens with zero attached hydrogens (tertiary/aromatic N) is 9. The first-order chi connectivity index (χ1) is 62.7. The molecule has 0 unspecified atom stereocenters. The molecule has 1 amide bonds. The minimum absolute atomic E-state index is 0.0169. The van der Waals surface area contributed by atoms with Crippen molar-refractivity contribution in [2.75, 3.05) is 71.3 Å². The molecule has 3 aromatic heterocycles. The number of rotatable bonds is 29. The Labute approximate surface area is 790 Å². The first-order valence-corrected chi connectivity index (χ1v) is 43.4. The molecule has 130 heavy (non-hydrogen) atoms. The van der Waals surface area contributed by atoms with Crippen LogP contribution >= 0.6 is 73.9 Å². The fourth-order valence-corrected chi connectivity index (χ4v) is 10.9. The van der Waals surface area contributed by atoms with Gasteiger partial charge in [-0.3, -0.25) is 24.0 Å². The fourth-order valence-electron chi connectivity index (χ4n) is 9.97. The Bertz CT molecular complexity index is 5180. The molecular weight excluding hydrogens is 1840 g/mol. The van der Waals surface area contributed by atoms with E-state index < -0.39 is 17.2 Å². The molecule has 12 rings (SSSR count). The maximum absolute atomic E-state index is 12.8. The zero-order valence-electron chi connectivity index (χ0n) is 74.1. The molecule has 0 aliphatic rings. The van der Waals surface area contributed by atoms with Crippen LogP contribution in [0, 0.1) is 11.3 Å². The minimum atomic E-state index is -1.00. The summed E-state index contributed by atoms with van der Waals surface area (Å²) in [6.07, 6.45) is 8.73. The molecule has 9 N–H and O–H groups in total. The second-order valence-corrected chi connectivity index (χ2v) is 29.0. The van der Waals surface area contributed by atoms with Gasteiger partial charge in [-0.15, -0.1) is 0 Å². The Balaban J connectivity index is 0.000000504. The number of benzene rings is 9. The molecule has 9 aromatic carbocycles. The number of carboxylic acids is 1. The van der Waals surface area contributed by atoms with Crippen molar-refractivity contribution in [3.8, 4) is 69.0 Å². The number of aliphatic carboxylic acids is 1. The number of anilines is 2. The Morgan fingerprint density at radius 3 is 1.17 bits per heavy atom. The van der Waals surface area contributed by atoms with Crippen LogP contribution in [-0.2, 0) is 65.6 Å². The number of unbranched alkanes of at least 4 members (excludes halogenated alkanes) is 2. The molecular formula is C94H110BrCl5N12O18. The highest BCUT2D eigenvalue weighted by Crippen LogP contribution is 2.26. The number of halogens is 6. The van der Waals surface area contributed by atoms with Gasteiger partial charge in [-0.1, -0.05) is 160 Å². The Hall–Kier alpha value is -12.6. The van der Waals surface area contributed by atoms with Gasteiger partial charge in [-0.05, 0) is 257 Å². The summed E-state index contributed by atoms with van der Waals surface area (Å²) in [4.78, 5) is 69.0. The van der Waals surface area contributed by atoms with Crippen LogP contribution in [0.2, 0.25) is 20.1 Å². The summed E-state index contributed by atoms with van der Waals surface area (Å²) in [5.41, 5.74) is 18.5. The molecule has 0 saturated carbocycles. The maximum atomic E-state index is 12.8. The van der Waals surface area contributed by atoms with Crippen molar-refractivity contribution >= 4 is 120 Å². The summed E-state index contributed by atoms with van der Waals surface area (Å²) in [6, 6.07) is 68.0. The number of aryl methyl sites for hydroxylation is 2. The van der Waals surface area contributed by atoms with Gasteiger partial charge >= 0.3 is 17.9 Å². The van der Waals surface area contributed by atoms with Crippen LogP contribution in [0.15, 0.2) is 237 Å². The molecule has 30 nitrogen and oxygen atoms in total. The molecule has 696 valence electrons. The lowest BCUT2D eigenvalue weighted by Crippen LogP contribution is -2.33. The number of nitriles is 1. The SMILES string of the molecule is CCCBr.CCCCc1cccc(Cl)c1.CCCCc1cccc(Cl)c1.CCCN(C(=O)Cc1nc(-c2ccc(OC)cc2)no1)c1cccc(Cl)c1.CCOC(=O)CC(=O)Cl.CCOC(=O)Cc1nc(-c2ccc(OC)cc2)no1.COc1ccc(-c2noc(CC(=O)O)n2)cc1.COc1ccc(C#N)cc1.COc1ccc(C(N)=NO)cc1.NO.Nc1cccc(Cl)c1. The van der Waals surface area contributed by atoms with Crippen LogP contribution in [0.1, 0.15) is 126 Å². The average Bonchev–Trinajstić information content (AvgIpc) is 1.50. The van der Waals surface area contributed by atoms with Crippen LogP contribution in [0.3, 0.4) is 0 Å². The number of alkyl halides is 1. The first kappa shape index (κ1) is 113. The van der Waals surface area contributed by atoms with E-state index in [1.54, 1.807) is 170 Å². The molecule has 12 aromatic rings. The molecule has 0 aliphatic carbocycles.